The van der Waals surface area contributed by atoms with Gasteiger partial charge in [-0.05, 0) is 43.3 Å². The summed E-state index contributed by atoms with van der Waals surface area (Å²) in [5, 5.41) is 3.09. The summed E-state index contributed by atoms with van der Waals surface area (Å²) in [4.78, 5) is 23.5. The number of rotatable bonds is 6. The molecule has 0 aromatic heterocycles. The van der Waals surface area contributed by atoms with Gasteiger partial charge in [0, 0.05) is 10.7 Å². The van der Waals surface area contributed by atoms with Crippen LogP contribution in [0.25, 0.3) is 0 Å². The summed E-state index contributed by atoms with van der Waals surface area (Å²) in [7, 11) is 0. The van der Waals surface area contributed by atoms with E-state index >= 15 is 0 Å². The van der Waals surface area contributed by atoms with Crippen molar-refractivity contribution >= 4 is 40.1 Å². The van der Waals surface area contributed by atoms with Crippen LogP contribution in [0.15, 0.2) is 48.5 Å². The van der Waals surface area contributed by atoms with E-state index in [0.717, 1.165) is 17.3 Å². The quantitative estimate of drug-likeness (QED) is 0.858. The molecule has 0 atom stereocenters. The largest absolute Gasteiger partial charge is 0.485 e. The van der Waals surface area contributed by atoms with Gasteiger partial charge in [0.1, 0.15) is 5.75 Å². The molecule has 120 valence electrons. The van der Waals surface area contributed by atoms with E-state index in [9.17, 15) is 9.59 Å². The normalized spacial score (nSPS) is 10.2. The molecule has 0 unspecified atom stereocenters. The molecule has 4 nitrogen and oxygen atoms in total. The third-order valence-electron chi connectivity index (χ3n) is 2.87. The van der Waals surface area contributed by atoms with Gasteiger partial charge in [-0.1, -0.05) is 41.1 Å². The minimum absolute atomic E-state index is 0.0404. The Kier molecular flexibility index (Phi) is 6.50. The monoisotopic (exact) mass is 349 g/mol. The van der Waals surface area contributed by atoms with Crippen LogP contribution in [0.5, 0.6) is 5.75 Å². The van der Waals surface area contributed by atoms with Crippen LogP contribution in [0.4, 0.5) is 5.69 Å². The second kappa shape index (κ2) is 8.60. The molecule has 0 spiro atoms. The topological polar surface area (TPSA) is 55.4 Å². The van der Waals surface area contributed by atoms with Gasteiger partial charge in [-0.2, -0.15) is 0 Å². The van der Waals surface area contributed by atoms with Crippen LogP contribution in [0.2, 0.25) is 5.02 Å². The summed E-state index contributed by atoms with van der Waals surface area (Å²) in [6.45, 7) is 1.91. The molecular weight excluding hydrogens is 334 g/mol. The average molecular weight is 350 g/mol. The molecule has 6 heteroatoms. The van der Waals surface area contributed by atoms with Crippen LogP contribution in [-0.4, -0.2) is 23.4 Å². The second-order valence-electron chi connectivity index (χ2n) is 4.82. The Bertz CT molecular complexity index is 671. The molecule has 0 saturated heterocycles. The molecular formula is C17H16ClNO3S. The molecule has 0 bridgehead atoms. The zero-order valence-corrected chi connectivity index (χ0v) is 14.1. The average Bonchev–Trinajstić information content (AvgIpc) is 2.54. The Labute approximate surface area is 144 Å². The summed E-state index contributed by atoms with van der Waals surface area (Å²) in [5.41, 5.74) is 1.76. The minimum Gasteiger partial charge on any atom is -0.485 e. The van der Waals surface area contributed by atoms with Crippen LogP contribution < -0.4 is 10.1 Å². The summed E-state index contributed by atoms with van der Waals surface area (Å²) >= 11 is 6.70. The fourth-order valence-electron chi connectivity index (χ4n) is 1.69. The van der Waals surface area contributed by atoms with Gasteiger partial charge in [-0.15, -0.1) is 0 Å². The number of anilines is 1. The molecule has 0 aliphatic heterocycles. The van der Waals surface area contributed by atoms with Gasteiger partial charge in [-0.3, -0.25) is 9.59 Å². The third-order valence-corrected chi connectivity index (χ3v) is 3.97. The Morgan fingerprint density at radius 2 is 1.74 bits per heavy atom. The van der Waals surface area contributed by atoms with Crippen LogP contribution >= 0.6 is 23.4 Å². The lowest BCUT2D eigenvalue weighted by Crippen LogP contribution is -2.17. The van der Waals surface area contributed by atoms with E-state index in [0.29, 0.717) is 16.5 Å². The first-order valence-electron chi connectivity index (χ1n) is 6.93. The maximum atomic E-state index is 11.8. The van der Waals surface area contributed by atoms with E-state index in [-0.39, 0.29) is 23.4 Å². The first-order valence-corrected chi connectivity index (χ1v) is 8.30. The number of ether oxygens (including phenoxy) is 1. The molecule has 2 aromatic rings. The summed E-state index contributed by atoms with van der Waals surface area (Å²) in [5.74, 6) is 0.426. The lowest BCUT2D eigenvalue weighted by Gasteiger charge is -2.06. The number of halogens is 1. The van der Waals surface area contributed by atoms with Crippen molar-refractivity contribution in [3.05, 3.63) is 59.1 Å². The van der Waals surface area contributed by atoms with Gasteiger partial charge < -0.3 is 10.1 Å². The number of hydrogen-bond donors (Lipinski definition) is 1. The van der Waals surface area contributed by atoms with Crippen molar-refractivity contribution in [3.8, 4) is 5.75 Å². The number of thioether (sulfide) groups is 1. The Morgan fingerprint density at radius 1 is 1.09 bits per heavy atom. The number of amides is 1. The van der Waals surface area contributed by atoms with Crippen molar-refractivity contribution < 1.29 is 14.3 Å². The highest BCUT2D eigenvalue weighted by Gasteiger charge is 2.09. The first kappa shape index (κ1) is 17.4. The fraction of sp³-hybridized carbons (Fsp3) is 0.176. The molecule has 0 saturated carbocycles. The standard InChI is InChI=1S/C17H16ClNO3S/c1-12-2-8-15(9-3-12)22-10-17(21)23-11-16(20)19-14-6-4-13(18)5-7-14/h2-9H,10-11H2,1H3,(H,19,20). The van der Waals surface area contributed by atoms with Crippen LogP contribution in [-0.2, 0) is 9.59 Å². The Morgan fingerprint density at radius 3 is 2.39 bits per heavy atom. The van der Waals surface area contributed by atoms with Crippen molar-refractivity contribution in [1.29, 1.82) is 0 Å². The number of hydrogen-bond acceptors (Lipinski definition) is 4. The number of benzene rings is 2. The van der Waals surface area contributed by atoms with Crippen molar-refractivity contribution in [2.45, 2.75) is 6.92 Å². The number of carbonyl (C=O) groups excluding carboxylic acids is 2. The second-order valence-corrected chi connectivity index (χ2v) is 6.29. The predicted molar refractivity (Wildman–Crippen MR) is 94.2 cm³/mol. The molecule has 2 rings (SSSR count). The molecule has 23 heavy (non-hydrogen) atoms. The maximum Gasteiger partial charge on any atom is 0.234 e. The zero-order chi connectivity index (χ0) is 16.7. The number of nitrogens with one attached hydrogen (secondary N) is 1. The molecule has 1 amide bonds. The fourth-order valence-corrected chi connectivity index (χ4v) is 2.33. The summed E-state index contributed by atoms with van der Waals surface area (Å²) in [6, 6.07) is 14.2. The van der Waals surface area contributed by atoms with Gasteiger partial charge in [0.25, 0.3) is 0 Å². The zero-order valence-electron chi connectivity index (χ0n) is 12.5. The highest BCUT2D eigenvalue weighted by Crippen LogP contribution is 2.15. The lowest BCUT2D eigenvalue weighted by atomic mass is 10.2. The highest BCUT2D eigenvalue weighted by molar-refractivity contribution is 8.14. The van der Waals surface area contributed by atoms with Gasteiger partial charge in [0.2, 0.25) is 11.0 Å². The van der Waals surface area contributed by atoms with Crippen LogP contribution in [0.1, 0.15) is 5.56 Å². The van der Waals surface area contributed by atoms with Crippen molar-refractivity contribution in [1.82, 2.24) is 0 Å². The van der Waals surface area contributed by atoms with Crippen LogP contribution in [0.3, 0.4) is 0 Å². The van der Waals surface area contributed by atoms with Crippen molar-refractivity contribution in [2.75, 3.05) is 17.7 Å². The summed E-state index contributed by atoms with van der Waals surface area (Å²) in [6.07, 6.45) is 0. The molecule has 0 aliphatic carbocycles. The number of aryl methyl sites for hydroxylation is 1. The van der Waals surface area contributed by atoms with E-state index in [1.807, 2.05) is 19.1 Å². The molecule has 1 N–H and O–H groups in total. The van der Waals surface area contributed by atoms with Gasteiger partial charge in [0.15, 0.2) is 6.61 Å². The predicted octanol–water partition coefficient (Wildman–Crippen LogP) is 3.93. The molecule has 0 heterocycles. The number of carbonyl (C=O) groups is 2. The van der Waals surface area contributed by atoms with E-state index in [2.05, 4.69) is 5.32 Å². The molecule has 2 aromatic carbocycles. The van der Waals surface area contributed by atoms with Crippen LogP contribution in [0, 0.1) is 6.92 Å². The van der Waals surface area contributed by atoms with E-state index in [1.54, 1.807) is 36.4 Å². The molecule has 0 aliphatic rings. The van der Waals surface area contributed by atoms with Crippen molar-refractivity contribution in [3.63, 3.8) is 0 Å². The SMILES string of the molecule is Cc1ccc(OCC(=O)SCC(=O)Nc2ccc(Cl)cc2)cc1. The summed E-state index contributed by atoms with van der Waals surface area (Å²) < 4.78 is 5.37. The van der Waals surface area contributed by atoms with E-state index in [1.165, 1.54) is 0 Å². The van der Waals surface area contributed by atoms with E-state index in [4.69, 9.17) is 16.3 Å². The van der Waals surface area contributed by atoms with E-state index < -0.39 is 0 Å². The molecule has 0 fully saturated rings. The molecule has 0 radical (unpaired) electrons. The highest BCUT2D eigenvalue weighted by atomic mass is 35.5. The van der Waals surface area contributed by atoms with Gasteiger partial charge in [-0.25, -0.2) is 0 Å². The minimum atomic E-state index is -0.249. The third kappa shape index (κ3) is 6.34. The Balaban J connectivity index is 1.70. The smallest absolute Gasteiger partial charge is 0.234 e. The van der Waals surface area contributed by atoms with Crippen molar-refractivity contribution in [2.24, 2.45) is 0 Å². The first-order chi connectivity index (χ1) is 11.0. The van der Waals surface area contributed by atoms with Gasteiger partial charge in [0.05, 0.1) is 5.75 Å². The Hall–Kier alpha value is -1.98. The van der Waals surface area contributed by atoms with Gasteiger partial charge >= 0.3 is 0 Å². The lowest BCUT2D eigenvalue weighted by molar-refractivity contribution is -0.115. The maximum absolute atomic E-state index is 11.8.